The molecule has 118 valence electrons. The number of para-hydroxylation sites is 1. The van der Waals surface area contributed by atoms with Crippen molar-refractivity contribution in [3.63, 3.8) is 0 Å². The maximum Gasteiger partial charge on any atom is 0.152 e. The van der Waals surface area contributed by atoms with Crippen molar-refractivity contribution in [2.75, 3.05) is 6.61 Å². The average molecular weight is 309 g/mol. The lowest BCUT2D eigenvalue weighted by Gasteiger charge is -2.26. The Labute approximate surface area is 134 Å². The van der Waals surface area contributed by atoms with Crippen molar-refractivity contribution < 1.29 is 9.15 Å². The van der Waals surface area contributed by atoms with E-state index in [0.29, 0.717) is 6.04 Å². The summed E-state index contributed by atoms with van der Waals surface area (Å²) in [7, 11) is 0. The number of benzene rings is 1. The van der Waals surface area contributed by atoms with Gasteiger partial charge in [-0.1, -0.05) is 18.2 Å². The van der Waals surface area contributed by atoms with Crippen LogP contribution in [0, 0.1) is 6.92 Å². The highest BCUT2D eigenvalue weighted by Gasteiger charge is 2.21. The van der Waals surface area contributed by atoms with E-state index < -0.39 is 0 Å². The molecule has 0 bridgehead atoms. The van der Waals surface area contributed by atoms with Crippen molar-refractivity contribution >= 4 is 0 Å². The van der Waals surface area contributed by atoms with Crippen LogP contribution in [-0.2, 0) is 6.54 Å². The Morgan fingerprint density at radius 2 is 2.17 bits per heavy atom. The molecule has 1 aliphatic heterocycles. The Morgan fingerprint density at radius 3 is 3.04 bits per heavy atom. The number of aromatic nitrogens is 2. The van der Waals surface area contributed by atoms with Gasteiger partial charge in [0.15, 0.2) is 5.76 Å². The summed E-state index contributed by atoms with van der Waals surface area (Å²) in [4.78, 5) is 0. The molecule has 0 aliphatic carbocycles. The third kappa shape index (κ3) is 2.75. The van der Waals surface area contributed by atoms with E-state index in [1.54, 1.807) is 0 Å². The van der Waals surface area contributed by atoms with Crippen LogP contribution >= 0.6 is 0 Å². The zero-order chi connectivity index (χ0) is 15.6. The Bertz CT molecular complexity index is 806. The van der Waals surface area contributed by atoms with Crippen LogP contribution in [0.5, 0.6) is 5.75 Å². The number of nitrogens with zero attached hydrogens (tertiary/aromatic N) is 1. The van der Waals surface area contributed by atoms with Crippen LogP contribution in [0.15, 0.2) is 47.0 Å². The van der Waals surface area contributed by atoms with Gasteiger partial charge in [-0.05, 0) is 25.1 Å². The van der Waals surface area contributed by atoms with Crippen LogP contribution in [0.25, 0.3) is 11.5 Å². The minimum Gasteiger partial charge on any atom is -0.493 e. The normalized spacial score (nSPS) is 16.8. The summed E-state index contributed by atoms with van der Waals surface area (Å²) in [6.07, 6.45) is 2.81. The maximum atomic E-state index is 5.71. The number of hydrogen-bond acceptors (Lipinski definition) is 4. The fourth-order valence-electron chi connectivity index (χ4n) is 3.01. The molecule has 5 heteroatoms. The van der Waals surface area contributed by atoms with Crippen molar-refractivity contribution in [1.29, 1.82) is 0 Å². The molecule has 3 aromatic rings. The second kappa shape index (κ2) is 5.93. The van der Waals surface area contributed by atoms with E-state index in [0.717, 1.165) is 48.1 Å². The lowest BCUT2D eigenvalue weighted by Crippen LogP contribution is -2.26. The Balaban J connectivity index is 1.52. The van der Waals surface area contributed by atoms with E-state index in [1.165, 1.54) is 5.56 Å². The van der Waals surface area contributed by atoms with Crippen molar-refractivity contribution in [3.8, 4) is 17.2 Å². The predicted molar refractivity (Wildman–Crippen MR) is 87.2 cm³/mol. The van der Waals surface area contributed by atoms with Gasteiger partial charge in [-0.3, -0.25) is 5.10 Å². The highest BCUT2D eigenvalue weighted by Crippen LogP contribution is 2.32. The summed E-state index contributed by atoms with van der Waals surface area (Å²) in [6, 6.07) is 12.4. The average Bonchev–Trinajstić information content (AvgIpc) is 3.21. The zero-order valence-corrected chi connectivity index (χ0v) is 13.0. The highest BCUT2D eigenvalue weighted by molar-refractivity contribution is 5.56. The number of rotatable bonds is 4. The number of fused-ring (bicyclic) bond motifs is 1. The van der Waals surface area contributed by atoms with E-state index in [2.05, 4.69) is 27.6 Å². The molecule has 0 radical (unpaired) electrons. The summed E-state index contributed by atoms with van der Waals surface area (Å²) in [5.41, 5.74) is 3.26. The van der Waals surface area contributed by atoms with Gasteiger partial charge in [0.2, 0.25) is 0 Å². The number of H-pyrrole nitrogens is 1. The second-order valence-electron chi connectivity index (χ2n) is 5.79. The Kier molecular flexibility index (Phi) is 3.63. The zero-order valence-electron chi connectivity index (χ0n) is 13.0. The molecule has 4 rings (SSSR count). The first-order chi connectivity index (χ1) is 11.3. The SMILES string of the molecule is Cc1ccc(-c2[nH]ncc2CN[C@@H]2CCOc3ccccc32)o1. The third-order valence-electron chi connectivity index (χ3n) is 4.20. The molecule has 1 atom stereocenters. The van der Waals surface area contributed by atoms with Crippen LogP contribution in [0.3, 0.4) is 0 Å². The number of furan rings is 1. The van der Waals surface area contributed by atoms with Gasteiger partial charge in [0.05, 0.1) is 12.8 Å². The fraction of sp³-hybridized carbons (Fsp3) is 0.278. The molecule has 0 saturated heterocycles. The molecule has 3 heterocycles. The molecule has 0 saturated carbocycles. The smallest absolute Gasteiger partial charge is 0.152 e. The lowest BCUT2D eigenvalue weighted by atomic mass is 10.0. The summed E-state index contributed by atoms with van der Waals surface area (Å²) < 4.78 is 11.4. The first-order valence-corrected chi connectivity index (χ1v) is 7.85. The quantitative estimate of drug-likeness (QED) is 0.773. The van der Waals surface area contributed by atoms with Crippen LogP contribution < -0.4 is 10.1 Å². The topological polar surface area (TPSA) is 63.1 Å². The Morgan fingerprint density at radius 1 is 1.26 bits per heavy atom. The van der Waals surface area contributed by atoms with E-state index in [1.807, 2.05) is 37.4 Å². The standard InChI is InChI=1S/C18H19N3O2/c1-12-6-7-17(23-12)18-13(11-20-21-18)10-19-15-8-9-22-16-5-3-2-4-14(15)16/h2-7,11,15,19H,8-10H2,1H3,(H,20,21)/t15-/m1/s1. The van der Waals surface area contributed by atoms with Gasteiger partial charge >= 0.3 is 0 Å². The number of aryl methyl sites for hydroxylation is 1. The van der Waals surface area contributed by atoms with Gasteiger partial charge < -0.3 is 14.5 Å². The van der Waals surface area contributed by atoms with Crippen LogP contribution in [0.2, 0.25) is 0 Å². The molecule has 1 aromatic carbocycles. The van der Waals surface area contributed by atoms with E-state index in [9.17, 15) is 0 Å². The van der Waals surface area contributed by atoms with E-state index in [-0.39, 0.29) is 0 Å². The molecule has 2 aromatic heterocycles. The molecule has 0 unspecified atom stereocenters. The van der Waals surface area contributed by atoms with Gasteiger partial charge in [-0.15, -0.1) is 0 Å². The second-order valence-corrected chi connectivity index (χ2v) is 5.79. The van der Waals surface area contributed by atoms with Crippen LogP contribution in [0.1, 0.15) is 29.3 Å². The van der Waals surface area contributed by atoms with Gasteiger partial charge in [-0.25, -0.2) is 0 Å². The number of aromatic amines is 1. The summed E-state index contributed by atoms with van der Waals surface area (Å²) >= 11 is 0. The van der Waals surface area contributed by atoms with Crippen molar-refractivity contribution in [3.05, 3.63) is 59.5 Å². The van der Waals surface area contributed by atoms with Gasteiger partial charge in [0.1, 0.15) is 17.2 Å². The minimum absolute atomic E-state index is 0.293. The minimum atomic E-state index is 0.293. The number of ether oxygens (including phenoxy) is 1. The molecule has 0 spiro atoms. The summed E-state index contributed by atoms with van der Waals surface area (Å²) in [5, 5.41) is 10.8. The van der Waals surface area contributed by atoms with Crippen LogP contribution in [-0.4, -0.2) is 16.8 Å². The number of hydrogen-bond donors (Lipinski definition) is 2. The third-order valence-corrected chi connectivity index (χ3v) is 4.20. The highest BCUT2D eigenvalue weighted by atomic mass is 16.5. The summed E-state index contributed by atoms with van der Waals surface area (Å²) in [6.45, 7) is 3.41. The number of nitrogens with one attached hydrogen (secondary N) is 2. The molecule has 0 amide bonds. The van der Waals surface area contributed by atoms with Crippen molar-refractivity contribution in [2.45, 2.75) is 25.9 Å². The predicted octanol–water partition coefficient (Wildman–Crippen LogP) is 3.59. The molecular formula is C18H19N3O2. The van der Waals surface area contributed by atoms with Gasteiger partial charge in [-0.2, -0.15) is 5.10 Å². The lowest BCUT2D eigenvalue weighted by molar-refractivity contribution is 0.252. The maximum absolute atomic E-state index is 5.71. The molecule has 2 N–H and O–H groups in total. The molecule has 23 heavy (non-hydrogen) atoms. The molecule has 1 aliphatic rings. The fourth-order valence-corrected chi connectivity index (χ4v) is 3.01. The first-order valence-electron chi connectivity index (χ1n) is 7.85. The van der Waals surface area contributed by atoms with Gasteiger partial charge in [0.25, 0.3) is 0 Å². The molecular weight excluding hydrogens is 290 g/mol. The van der Waals surface area contributed by atoms with Crippen molar-refractivity contribution in [2.24, 2.45) is 0 Å². The van der Waals surface area contributed by atoms with Gasteiger partial charge in [0, 0.05) is 30.1 Å². The largest absolute Gasteiger partial charge is 0.493 e. The van der Waals surface area contributed by atoms with Crippen molar-refractivity contribution in [1.82, 2.24) is 15.5 Å². The summed E-state index contributed by atoms with van der Waals surface area (Å²) in [5.74, 6) is 2.70. The first kappa shape index (κ1) is 14.1. The Hall–Kier alpha value is -2.53. The van der Waals surface area contributed by atoms with Crippen LogP contribution in [0.4, 0.5) is 0 Å². The molecule has 5 nitrogen and oxygen atoms in total. The monoisotopic (exact) mass is 309 g/mol. The molecule has 0 fully saturated rings. The van der Waals surface area contributed by atoms with E-state index >= 15 is 0 Å². The van der Waals surface area contributed by atoms with E-state index in [4.69, 9.17) is 9.15 Å².